The Hall–Kier alpha value is -0.580. The molecule has 20 heavy (non-hydrogen) atoms. The van der Waals surface area contributed by atoms with E-state index in [-0.39, 0.29) is 0 Å². The van der Waals surface area contributed by atoms with Crippen molar-refractivity contribution >= 4 is 15.9 Å². The quantitative estimate of drug-likeness (QED) is 0.833. The lowest BCUT2D eigenvalue weighted by atomic mass is 9.87. The molecule has 0 aliphatic heterocycles. The lowest BCUT2D eigenvalue weighted by Gasteiger charge is -2.28. The van der Waals surface area contributed by atoms with Crippen LogP contribution in [0.3, 0.4) is 0 Å². The summed E-state index contributed by atoms with van der Waals surface area (Å²) in [7, 11) is 0. The summed E-state index contributed by atoms with van der Waals surface area (Å²) in [6, 6.07) is 8.15. The zero-order valence-corrected chi connectivity index (χ0v) is 13.8. The van der Waals surface area contributed by atoms with Crippen LogP contribution < -0.4 is 10.1 Å². The minimum Gasteiger partial charge on any atom is -0.491 e. The van der Waals surface area contributed by atoms with Gasteiger partial charge < -0.3 is 15.2 Å². The van der Waals surface area contributed by atoms with Gasteiger partial charge in [0.1, 0.15) is 18.5 Å². The molecular formula is C16H24BrNO2. The second kappa shape index (κ2) is 6.92. The first kappa shape index (κ1) is 15.8. The molecule has 0 spiro atoms. The van der Waals surface area contributed by atoms with Gasteiger partial charge in [-0.3, -0.25) is 0 Å². The van der Waals surface area contributed by atoms with Crippen LogP contribution in [0.2, 0.25) is 0 Å². The van der Waals surface area contributed by atoms with Gasteiger partial charge in [-0.15, -0.1) is 0 Å². The van der Waals surface area contributed by atoms with Crippen molar-refractivity contribution in [3.05, 3.63) is 28.7 Å². The van der Waals surface area contributed by atoms with Crippen molar-refractivity contribution in [1.82, 2.24) is 5.32 Å². The standard InChI is InChI=1S/C16H24BrNO2/c1-16(2)9-3-4-15(16)18-10-13(19)11-20-14-7-5-12(17)6-8-14/h5-8,13,15,18-19H,3-4,9-11H2,1-2H3. The zero-order chi connectivity index (χ0) is 14.6. The van der Waals surface area contributed by atoms with Crippen LogP contribution in [0.1, 0.15) is 33.1 Å². The van der Waals surface area contributed by atoms with Crippen molar-refractivity contribution < 1.29 is 9.84 Å². The summed E-state index contributed by atoms with van der Waals surface area (Å²) in [6.45, 7) is 5.50. The first-order chi connectivity index (χ1) is 9.47. The molecule has 0 heterocycles. The van der Waals surface area contributed by atoms with E-state index in [2.05, 4.69) is 35.1 Å². The van der Waals surface area contributed by atoms with Gasteiger partial charge in [-0.25, -0.2) is 0 Å². The molecule has 2 N–H and O–H groups in total. The van der Waals surface area contributed by atoms with Gasteiger partial charge in [-0.05, 0) is 42.5 Å². The summed E-state index contributed by atoms with van der Waals surface area (Å²) in [6.07, 6.45) is 3.26. The zero-order valence-electron chi connectivity index (χ0n) is 12.2. The third kappa shape index (κ3) is 4.47. The van der Waals surface area contributed by atoms with E-state index in [0.29, 0.717) is 24.6 Å². The van der Waals surface area contributed by atoms with E-state index in [0.717, 1.165) is 10.2 Å². The fraction of sp³-hybridized carbons (Fsp3) is 0.625. The molecule has 0 saturated heterocycles. The van der Waals surface area contributed by atoms with E-state index in [1.165, 1.54) is 19.3 Å². The fourth-order valence-corrected chi connectivity index (χ4v) is 3.03. The highest BCUT2D eigenvalue weighted by Crippen LogP contribution is 2.37. The number of ether oxygens (including phenoxy) is 1. The predicted molar refractivity (Wildman–Crippen MR) is 85.1 cm³/mol. The molecule has 1 saturated carbocycles. The summed E-state index contributed by atoms with van der Waals surface area (Å²) in [5.41, 5.74) is 0.340. The highest BCUT2D eigenvalue weighted by Gasteiger charge is 2.34. The molecule has 0 bridgehead atoms. The van der Waals surface area contributed by atoms with Crippen LogP contribution in [0, 0.1) is 5.41 Å². The molecule has 1 fully saturated rings. The lowest BCUT2D eigenvalue weighted by molar-refractivity contribution is 0.0986. The molecule has 0 radical (unpaired) electrons. The van der Waals surface area contributed by atoms with Gasteiger partial charge in [-0.1, -0.05) is 36.2 Å². The minimum absolute atomic E-state index is 0.321. The maximum atomic E-state index is 10.00. The van der Waals surface area contributed by atoms with Gasteiger partial charge in [0.25, 0.3) is 0 Å². The number of rotatable bonds is 6. The molecule has 2 unspecified atom stereocenters. The van der Waals surface area contributed by atoms with Gasteiger partial charge in [0.15, 0.2) is 0 Å². The summed E-state index contributed by atoms with van der Waals surface area (Å²) in [4.78, 5) is 0. The molecule has 4 heteroatoms. The number of benzene rings is 1. The van der Waals surface area contributed by atoms with Crippen LogP contribution in [-0.4, -0.2) is 30.4 Å². The topological polar surface area (TPSA) is 41.5 Å². The molecule has 0 aromatic heterocycles. The van der Waals surface area contributed by atoms with E-state index in [1.807, 2.05) is 24.3 Å². The normalized spacial score (nSPS) is 22.7. The lowest BCUT2D eigenvalue weighted by Crippen LogP contribution is -2.43. The summed E-state index contributed by atoms with van der Waals surface area (Å²) in [5.74, 6) is 0.786. The summed E-state index contributed by atoms with van der Waals surface area (Å²) >= 11 is 3.38. The van der Waals surface area contributed by atoms with Gasteiger partial charge in [0.2, 0.25) is 0 Å². The number of halogens is 1. The van der Waals surface area contributed by atoms with Gasteiger partial charge in [-0.2, -0.15) is 0 Å². The maximum Gasteiger partial charge on any atom is 0.119 e. The summed E-state index contributed by atoms with van der Waals surface area (Å²) < 4.78 is 6.60. The first-order valence-corrected chi connectivity index (χ1v) is 8.06. The first-order valence-electron chi connectivity index (χ1n) is 7.27. The van der Waals surface area contributed by atoms with Crippen LogP contribution >= 0.6 is 15.9 Å². The predicted octanol–water partition coefficient (Wildman–Crippen LogP) is 3.36. The SMILES string of the molecule is CC1(C)CCCC1NCC(O)COc1ccc(Br)cc1. The minimum atomic E-state index is -0.477. The van der Waals surface area contributed by atoms with E-state index < -0.39 is 6.10 Å². The molecule has 0 amide bonds. The van der Waals surface area contributed by atoms with Crippen LogP contribution in [-0.2, 0) is 0 Å². The third-order valence-corrected chi connectivity index (χ3v) is 4.64. The maximum absolute atomic E-state index is 10.00. The van der Waals surface area contributed by atoms with Crippen molar-refractivity contribution in [3.63, 3.8) is 0 Å². The number of aliphatic hydroxyl groups is 1. The van der Waals surface area contributed by atoms with E-state index in [1.54, 1.807) is 0 Å². The third-order valence-electron chi connectivity index (χ3n) is 4.11. The second-order valence-corrected chi connectivity index (χ2v) is 7.18. The Morgan fingerprint density at radius 3 is 2.70 bits per heavy atom. The number of hydrogen-bond donors (Lipinski definition) is 2. The highest BCUT2D eigenvalue weighted by atomic mass is 79.9. The molecule has 1 aromatic rings. The van der Waals surface area contributed by atoms with Crippen molar-refractivity contribution in [2.45, 2.75) is 45.3 Å². The van der Waals surface area contributed by atoms with Gasteiger partial charge >= 0.3 is 0 Å². The van der Waals surface area contributed by atoms with E-state index >= 15 is 0 Å². The highest BCUT2D eigenvalue weighted by molar-refractivity contribution is 9.10. The fourth-order valence-electron chi connectivity index (χ4n) is 2.77. The number of nitrogens with one attached hydrogen (secondary N) is 1. The molecule has 1 aliphatic rings. The van der Waals surface area contributed by atoms with E-state index in [9.17, 15) is 5.11 Å². The van der Waals surface area contributed by atoms with Crippen molar-refractivity contribution in [1.29, 1.82) is 0 Å². The van der Waals surface area contributed by atoms with Crippen molar-refractivity contribution in [3.8, 4) is 5.75 Å². The van der Waals surface area contributed by atoms with Crippen LogP contribution in [0.15, 0.2) is 28.7 Å². The smallest absolute Gasteiger partial charge is 0.119 e. The molecule has 1 aliphatic carbocycles. The Balaban J connectivity index is 1.70. The Bertz CT molecular complexity index is 419. The van der Waals surface area contributed by atoms with Crippen LogP contribution in [0.25, 0.3) is 0 Å². The molecule has 1 aromatic carbocycles. The molecule has 2 rings (SSSR count). The monoisotopic (exact) mass is 341 g/mol. The average molecular weight is 342 g/mol. The number of aliphatic hydroxyl groups excluding tert-OH is 1. The van der Waals surface area contributed by atoms with Crippen molar-refractivity contribution in [2.75, 3.05) is 13.2 Å². The molecule has 112 valence electrons. The number of hydrogen-bond acceptors (Lipinski definition) is 3. The Morgan fingerprint density at radius 2 is 2.10 bits per heavy atom. The molecule has 3 nitrogen and oxygen atoms in total. The average Bonchev–Trinajstić information content (AvgIpc) is 2.74. The largest absolute Gasteiger partial charge is 0.491 e. The van der Waals surface area contributed by atoms with Crippen LogP contribution in [0.4, 0.5) is 0 Å². The Labute approximate surface area is 129 Å². The Morgan fingerprint density at radius 1 is 1.40 bits per heavy atom. The molecular weight excluding hydrogens is 318 g/mol. The van der Waals surface area contributed by atoms with E-state index in [4.69, 9.17) is 4.74 Å². The Kier molecular flexibility index (Phi) is 5.47. The summed E-state index contributed by atoms with van der Waals surface area (Å²) in [5, 5.41) is 13.5. The second-order valence-electron chi connectivity index (χ2n) is 6.26. The van der Waals surface area contributed by atoms with Gasteiger partial charge in [0, 0.05) is 17.1 Å². The molecule has 2 atom stereocenters. The van der Waals surface area contributed by atoms with Gasteiger partial charge in [0.05, 0.1) is 0 Å². The van der Waals surface area contributed by atoms with Crippen LogP contribution in [0.5, 0.6) is 5.75 Å². The van der Waals surface area contributed by atoms with Crippen molar-refractivity contribution in [2.24, 2.45) is 5.41 Å².